The highest BCUT2D eigenvalue weighted by molar-refractivity contribution is 7.93. The van der Waals surface area contributed by atoms with Crippen molar-refractivity contribution in [3.05, 3.63) is 29.8 Å². The Balaban J connectivity index is 3.21. The summed E-state index contributed by atoms with van der Waals surface area (Å²) < 4.78 is 60.5. The van der Waals surface area contributed by atoms with Crippen LogP contribution in [0, 0.1) is 0 Å². The third-order valence-corrected chi connectivity index (χ3v) is 3.19. The van der Waals surface area contributed by atoms with Gasteiger partial charge in [-0.05, 0) is 13.0 Å². The van der Waals surface area contributed by atoms with Crippen LogP contribution in [0.15, 0.2) is 29.4 Å². The first kappa shape index (κ1) is 15.3. The molecule has 0 saturated carbocycles. The number of para-hydroxylation sites is 1. The van der Waals surface area contributed by atoms with Gasteiger partial charge in [0, 0.05) is 5.56 Å². The lowest BCUT2D eigenvalue weighted by Gasteiger charge is -2.13. The number of alkyl halides is 3. The number of oxime groups is 1. The Morgan fingerprint density at radius 3 is 2.42 bits per heavy atom. The number of hydrogen-bond donors (Lipinski definition) is 1. The fourth-order valence-electron chi connectivity index (χ4n) is 1.28. The summed E-state index contributed by atoms with van der Waals surface area (Å²) in [4.78, 5) is 4.50. The summed E-state index contributed by atoms with van der Waals surface area (Å²) >= 11 is 0. The summed E-state index contributed by atoms with van der Waals surface area (Å²) in [6.45, 7) is 1.48. The number of halogens is 3. The SMILES string of the molecule is CON=C(C)c1ccccc1NS(=O)(=O)C(F)(F)F. The van der Waals surface area contributed by atoms with Gasteiger partial charge in [-0.1, -0.05) is 23.4 Å². The van der Waals surface area contributed by atoms with Gasteiger partial charge in [0.2, 0.25) is 0 Å². The average Bonchev–Trinajstić information content (AvgIpc) is 2.28. The molecule has 0 aromatic heterocycles. The lowest BCUT2D eigenvalue weighted by atomic mass is 10.1. The minimum absolute atomic E-state index is 0.192. The molecule has 19 heavy (non-hydrogen) atoms. The van der Waals surface area contributed by atoms with Crippen LogP contribution < -0.4 is 4.72 Å². The Morgan fingerprint density at radius 2 is 1.89 bits per heavy atom. The van der Waals surface area contributed by atoms with Gasteiger partial charge in [0.05, 0.1) is 11.4 Å². The summed E-state index contributed by atoms with van der Waals surface area (Å²) in [5.41, 5.74) is -5.18. The van der Waals surface area contributed by atoms with Crippen LogP contribution in [0.25, 0.3) is 0 Å². The number of nitrogens with one attached hydrogen (secondary N) is 1. The molecular weight excluding hydrogens is 285 g/mol. The summed E-state index contributed by atoms with van der Waals surface area (Å²) in [6.07, 6.45) is 0. The summed E-state index contributed by atoms with van der Waals surface area (Å²) in [5, 5.41) is 3.55. The maximum absolute atomic E-state index is 12.3. The van der Waals surface area contributed by atoms with Crippen molar-refractivity contribution >= 4 is 21.4 Å². The molecule has 0 radical (unpaired) electrons. The van der Waals surface area contributed by atoms with E-state index in [0.29, 0.717) is 0 Å². The smallest absolute Gasteiger partial charge is 0.399 e. The Hall–Kier alpha value is -1.77. The van der Waals surface area contributed by atoms with Crippen LogP contribution in [0.3, 0.4) is 0 Å². The molecule has 0 bridgehead atoms. The molecule has 0 fully saturated rings. The van der Waals surface area contributed by atoms with E-state index in [4.69, 9.17) is 0 Å². The summed E-state index contributed by atoms with van der Waals surface area (Å²) in [5.74, 6) is 0. The van der Waals surface area contributed by atoms with Gasteiger partial charge in [0.1, 0.15) is 7.11 Å². The maximum Gasteiger partial charge on any atom is 0.516 e. The third-order valence-electron chi connectivity index (χ3n) is 2.09. The molecule has 1 N–H and O–H groups in total. The van der Waals surface area contributed by atoms with Crippen LogP contribution in [0.4, 0.5) is 18.9 Å². The number of rotatable bonds is 4. The van der Waals surface area contributed by atoms with E-state index in [0.717, 1.165) is 0 Å². The van der Waals surface area contributed by atoms with Crippen LogP contribution in [0.2, 0.25) is 0 Å². The van der Waals surface area contributed by atoms with E-state index in [2.05, 4.69) is 9.99 Å². The molecule has 0 aliphatic carbocycles. The van der Waals surface area contributed by atoms with E-state index < -0.39 is 15.5 Å². The van der Waals surface area contributed by atoms with Gasteiger partial charge in [-0.2, -0.15) is 21.6 Å². The van der Waals surface area contributed by atoms with Crippen LogP contribution in [-0.4, -0.2) is 26.7 Å². The van der Waals surface area contributed by atoms with Crippen LogP contribution >= 0.6 is 0 Å². The van der Waals surface area contributed by atoms with Gasteiger partial charge in [-0.3, -0.25) is 4.72 Å². The van der Waals surface area contributed by atoms with Gasteiger partial charge in [0.15, 0.2) is 0 Å². The fraction of sp³-hybridized carbons (Fsp3) is 0.300. The topological polar surface area (TPSA) is 67.8 Å². The van der Waals surface area contributed by atoms with E-state index >= 15 is 0 Å². The fourth-order valence-corrected chi connectivity index (χ4v) is 1.86. The van der Waals surface area contributed by atoms with Gasteiger partial charge in [-0.15, -0.1) is 0 Å². The van der Waals surface area contributed by atoms with E-state index in [1.54, 1.807) is 0 Å². The normalized spacial score (nSPS) is 13.2. The lowest BCUT2D eigenvalue weighted by Crippen LogP contribution is -2.30. The largest absolute Gasteiger partial charge is 0.516 e. The molecule has 0 saturated heterocycles. The third kappa shape index (κ3) is 3.60. The molecule has 0 unspecified atom stereocenters. The van der Waals surface area contributed by atoms with Gasteiger partial charge in [0.25, 0.3) is 0 Å². The minimum Gasteiger partial charge on any atom is -0.399 e. The zero-order valence-electron chi connectivity index (χ0n) is 10.0. The van der Waals surface area contributed by atoms with Crippen molar-refractivity contribution in [3.8, 4) is 0 Å². The molecular formula is C10H11F3N2O3S. The molecule has 0 spiro atoms. The zero-order valence-corrected chi connectivity index (χ0v) is 10.8. The standard InChI is InChI=1S/C10H11F3N2O3S/c1-7(14-18-2)8-5-3-4-6-9(8)15-19(16,17)10(11,12)13/h3-6,15H,1-2H3. The van der Waals surface area contributed by atoms with Crippen molar-refractivity contribution in [3.63, 3.8) is 0 Å². The van der Waals surface area contributed by atoms with E-state index in [9.17, 15) is 21.6 Å². The van der Waals surface area contributed by atoms with Crippen molar-refractivity contribution in [1.29, 1.82) is 0 Å². The predicted molar refractivity (Wildman–Crippen MR) is 64.3 cm³/mol. The highest BCUT2D eigenvalue weighted by Gasteiger charge is 2.46. The summed E-state index contributed by atoms with van der Waals surface area (Å²) in [6, 6.07) is 5.56. The molecule has 0 atom stereocenters. The zero-order chi connectivity index (χ0) is 14.7. The summed E-state index contributed by atoms with van der Waals surface area (Å²) in [7, 11) is -4.20. The maximum atomic E-state index is 12.3. The highest BCUT2D eigenvalue weighted by atomic mass is 32.2. The highest BCUT2D eigenvalue weighted by Crippen LogP contribution is 2.27. The molecule has 1 rings (SSSR count). The first-order valence-electron chi connectivity index (χ1n) is 4.95. The first-order chi connectivity index (χ1) is 8.69. The molecule has 0 amide bonds. The number of sulfonamides is 1. The van der Waals surface area contributed by atoms with Crippen LogP contribution in [-0.2, 0) is 14.9 Å². The molecule has 1 aromatic rings. The lowest BCUT2D eigenvalue weighted by molar-refractivity contribution is -0.0429. The number of hydrogen-bond acceptors (Lipinski definition) is 4. The van der Waals surface area contributed by atoms with Crippen LogP contribution in [0.1, 0.15) is 12.5 Å². The molecule has 0 aliphatic heterocycles. The minimum atomic E-state index is -5.47. The molecule has 5 nitrogen and oxygen atoms in total. The quantitative estimate of drug-likeness (QED) is 0.685. The monoisotopic (exact) mass is 296 g/mol. The molecule has 106 valence electrons. The van der Waals surface area contributed by atoms with Gasteiger partial charge < -0.3 is 4.84 Å². The Labute approximate surface area is 108 Å². The van der Waals surface area contributed by atoms with Gasteiger partial charge >= 0.3 is 15.5 Å². The van der Waals surface area contributed by atoms with E-state index in [1.165, 1.54) is 43.0 Å². The van der Waals surface area contributed by atoms with Crippen LogP contribution in [0.5, 0.6) is 0 Å². The molecule has 1 aromatic carbocycles. The predicted octanol–water partition coefficient (Wildman–Crippen LogP) is 2.32. The molecule has 0 heterocycles. The second-order valence-corrected chi connectivity index (χ2v) is 5.13. The first-order valence-corrected chi connectivity index (χ1v) is 6.43. The van der Waals surface area contributed by atoms with E-state index in [-0.39, 0.29) is 17.0 Å². The number of anilines is 1. The second kappa shape index (κ2) is 5.47. The van der Waals surface area contributed by atoms with Crippen molar-refractivity contribution in [2.45, 2.75) is 12.4 Å². The van der Waals surface area contributed by atoms with Gasteiger partial charge in [-0.25, -0.2) is 0 Å². The molecule has 9 heteroatoms. The Kier molecular flexibility index (Phi) is 4.40. The Morgan fingerprint density at radius 1 is 1.32 bits per heavy atom. The van der Waals surface area contributed by atoms with Crippen molar-refractivity contribution in [2.24, 2.45) is 5.16 Å². The molecule has 0 aliphatic rings. The van der Waals surface area contributed by atoms with Crippen molar-refractivity contribution < 1.29 is 26.4 Å². The Bertz CT molecular complexity index is 582. The van der Waals surface area contributed by atoms with Crippen molar-refractivity contribution in [1.82, 2.24) is 0 Å². The van der Waals surface area contributed by atoms with E-state index in [1.807, 2.05) is 0 Å². The number of nitrogens with zero attached hydrogens (tertiary/aromatic N) is 1. The average molecular weight is 296 g/mol. The van der Waals surface area contributed by atoms with Crippen molar-refractivity contribution in [2.75, 3.05) is 11.8 Å². The second-order valence-electron chi connectivity index (χ2n) is 3.46. The number of benzene rings is 1.